The Morgan fingerprint density at radius 2 is 1.70 bits per heavy atom. The van der Waals surface area contributed by atoms with Crippen molar-refractivity contribution in [3.05, 3.63) is 47.3 Å². The van der Waals surface area contributed by atoms with Crippen LogP contribution in [0.3, 0.4) is 0 Å². The maximum atomic E-state index is 12.8. The normalized spacial score (nSPS) is 14.7. The molecule has 4 aromatic rings. The molecule has 3 aromatic heterocycles. The van der Waals surface area contributed by atoms with Gasteiger partial charge in [-0.2, -0.15) is 16.4 Å². The molecular formula is C15H10F5N5S2. The molecule has 0 aliphatic heterocycles. The number of hydrogen-bond acceptors (Lipinski definition) is 5. The van der Waals surface area contributed by atoms with E-state index in [1.54, 1.807) is 0 Å². The SMILES string of the molecule is FS(F)(F)(F)(F)c1ccc(Nc2nc(-c3ccsc3)nc3cn[nH]c23)cc1. The highest BCUT2D eigenvalue weighted by molar-refractivity contribution is 8.45. The van der Waals surface area contributed by atoms with Gasteiger partial charge in [0, 0.05) is 16.6 Å². The van der Waals surface area contributed by atoms with Gasteiger partial charge in [0.2, 0.25) is 0 Å². The Morgan fingerprint density at radius 1 is 0.963 bits per heavy atom. The number of aromatic amines is 1. The predicted molar refractivity (Wildman–Crippen MR) is 96.1 cm³/mol. The van der Waals surface area contributed by atoms with Crippen molar-refractivity contribution < 1.29 is 19.4 Å². The van der Waals surface area contributed by atoms with Gasteiger partial charge in [0.15, 0.2) is 11.6 Å². The van der Waals surface area contributed by atoms with Gasteiger partial charge >= 0.3 is 10.2 Å². The van der Waals surface area contributed by atoms with Crippen molar-refractivity contribution in [2.75, 3.05) is 5.32 Å². The Morgan fingerprint density at radius 3 is 2.33 bits per heavy atom. The highest BCUT2D eigenvalue weighted by Crippen LogP contribution is 3.02. The monoisotopic (exact) mass is 419 g/mol. The van der Waals surface area contributed by atoms with Crippen LogP contribution in [-0.2, 0) is 0 Å². The summed E-state index contributed by atoms with van der Waals surface area (Å²) in [7, 11) is -9.70. The van der Waals surface area contributed by atoms with E-state index in [1.807, 2.05) is 16.8 Å². The highest BCUT2D eigenvalue weighted by atomic mass is 32.5. The number of halogens is 5. The molecule has 5 nitrogen and oxygen atoms in total. The molecule has 3 heterocycles. The fourth-order valence-electron chi connectivity index (χ4n) is 2.38. The van der Waals surface area contributed by atoms with Crippen LogP contribution in [0.25, 0.3) is 22.4 Å². The van der Waals surface area contributed by atoms with Crippen LogP contribution in [-0.4, -0.2) is 20.2 Å². The number of fused-ring (bicyclic) bond motifs is 1. The number of nitrogens with one attached hydrogen (secondary N) is 2. The summed E-state index contributed by atoms with van der Waals surface area (Å²) in [6.45, 7) is 0. The zero-order chi connectivity index (χ0) is 19.3. The van der Waals surface area contributed by atoms with Gasteiger partial charge in [-0.1, -0.05) is 19.4 Å². The van der Waals surface area contributed by atoms with Crippen molar-refractivity contribution in [3.63, 3.8) is 0 Å². The number of aromatic nitrogens is 4. The first-order valence-corrected chi connectivity index (χ1v) is 10.2. The number of thiophene rings is 1. The van der Waals surface area contributed by atoms with E-state index in [9.17, 15) is 19.4 Å². The van der Waals surface area contributed by atoms with Gasteiger partial charge < -0.3 is 5.32 Å². The average molecular weight is 419 g/mol. The lowest BCUT2D eigenvalue weighted by Gasteiger charge is -2.40. The number of anilines is 2. The van der Waals surface area contributed by atoms with E-state index in [1.165, 1.54) is 17.5 Å². The van der Waals surface area contributed by atoms with Crippen LogP contribution in [0.2, 0.25) is 0 Å². The third-order valence-electron chi connectivity index (χ3n) is 3.64. The third-order valence-corrected chi connectivity index (χ3v) is 5.49. The van der Waals surface area contributed by atoms with Crippen LogP contribution in [0.4, 0.5) is 30.9 Å². The van der Waals surface area contributed by atoms with Crippen LogP contribution in [0, 0.1) is 0 Å². The molecule has 2 N–H and O–H groups in total. The summed E-state index contributed by atoms with van der Waals surface area (Å²) < 4.78 is 64.1. The Hall–Kier alpha value is -2.73. The molecule has 0 saturated carbocycles. The van der Waals surface area contributed by atoms with Gasteiger partial charge in [0.25, 0.3) is 0 Å². The molecule has 0 saturated heterocycles. The van der Waals surface area contributed by atoms with Crippen LogP contribution >= 0.6 is 21.6 Å². The van der Waals surface area contributed by atoms with Gasteiger partial charge in [-0.25, -0.2) is 9.97 Å². The summed E-state index contributed by atoms with van der Waals surface area (Å²) in [5, 5.41) is 13.1. The second-order valence-corrected chi connectivity index (χ2v) is 8.85. The zero-order valence-corrected chi connectivity index (χ0v) is 14.8. The number of H-pyrrole nitrogens is 1. The van der Waals surface area contributed by atoms with E-state index in [2.05, 4.69) is 25.5 Å². The largest absolute Gasteiger partial charge is 0.338 e. The standard InChI is InChI=1S/C15H10F5N5S2/c16-27(17,18,19,20)11-3-1-10(2-4-11)22-15-13-12(7-21-25-13)23-14(24-15)9-5-6-26-8-9/h1-8H,(H,21,25)(H,22,23,24). The van der Waals surface area contributed by atoms with Crippen LogP contribution in [0.5, 0.6) is 0 Å². The first-order valence-electron chi connectivity index (χ1n) is 7.34. The van der Waals surface area contributed by atoms with E-state index < -0.39 is 15.1 Å². The number of benzene rings is 1. The van der Waals surface area contributed by atoms with Gasteiger partial charge in [0.05, 0.1) is 6.20 Å². The third kappa shape index (κ3) is 3.57. The van der Waals surface area contributed by atoms with Crippen molar-refractivity contribution >= 4 is 44.1 Å². The lowest BCUT2D eigenvalue weighted by atomic mass is 10.3. The van der Waals surface area contributed by atoms with Crippen molar-refractivity contribution in [1.82, 2.24) is 20.2 Å². The summed E-state index contributed by atoms with van der Waals surface area (Å²) in [5.74, 6) is 0.662. The van der Waals surface area contributed by atoms with E-state index in [4.69, 9.17) is 0 Å². The summed E-state index contributed by atoms with van der Waals surface area (Å²) in [4.78, 5) is 6.77. The topological polar surface area (TPSA) is 66.5 Å². The molecule has 0 amide bonds. The molecular weight excluding hydrogens is 409 g/mol. The number of nitrogens with zero attached hydrogens (tertiary/aromatic N) is 3. The minimum absolute atomic E-state index is 0.159. The van der Waals surface area contributed by atoms with E-state index in [0.29, 0.717) is 29.0 Å². The molecule has 0 spiro atoms. The Bertz CT molecular complexity index is 1120. The molecule has 12 heteroatoms. The second kappa shape index (κ2) is 5.16. The molecule has 27 heavy (non-hydrogen) atoms. The van der Waals surface area contributed by atoms with E-state index >= 15 is 0 Å². The van der Waals surface area contributed by atoms with Gasteiger partial charge in [-0.15, -0.1) is 0 Å². The molecule has 0 fully saturated rings. The van der Waals surface area contributed by atoms with Crippen LogP contribution in [0.1, 0.15) is 0 Å². The summed E-state index contributed by atoms with van der Waals surface area (Å²) in [6.07, 6.45) is 1.48. The molecule has 0 aliphatic rings. The molecule has 0 aliphatic carbocycles. The van der Waals surface area contributed by atoms with Crippen LogP contribution in [0.15, 0.2) is 52.2 Å². The Kier molecular flexibility index (Phi) is 3.38. The fourth-order valence-corrected chi connectivity index (χ4v) is 3.67. The summed E-state index contributed by atoms with van der Waals surface area (Å²) in [6, 6.07) is 4.34. The predicted octanol–water partition coefficient (Wildman–Crippen LogP) is 6.48. The number of hydrogen-bond donors (Lipinski definition) is 2. The lowest BCUT2D eigenvalue weighted by Crippen LogP contribution is -2.06. The van der Waals surface area contributed by atoms with Crippen molar-refractivity contribution in [2.24, 2.45) is 0 Å². The fraction of sp³-hybridized carbons (Fsp3) is 0. The average Bonchev–Trinajstić information content (AvgIpc) is 3.24. The maximum Gasteiger partial charge on any atom is 0.310 e. The summed E-state index contributed by atoms with van der Waals surface area (Å²) in [5.41, 5.74) is 1.86. The molecule has 142 valence electrons. The quantitative estimate of drug-likeness (QED) is 0.372. The Balaban J connectivity index is 1.73. The first-order chi connectivity index (χ1) is 12.5. The molecule has 0 unspecified atom stereocenters. The van der Waals surface area contributed by atoms with Crippen molar-refractivity contribution in [3.8, 4) is 11.4 Å². The van der Waals surface area contributed by atoms with Gasteiger partial charge in [-0.05, 0) is 35.7 Å². The Labute approximate surface area is 153 Å². The van der Waals surface area contributed by atoms with Gasteiger partial charge in [-0.3, -0.25) is 5.10 Å². The number of rotatable bonds is 4. The van der Waals surface area contributed by atoms with Gasteiger partial charge in [0.1, 0.15) is 15.9 Å². The smallest absolute Gasteiger partial charge is 0.310 e. The molecule has 1 aromatic carbocycles. The molecule has 0 bridgehead atoms. The minimum atomic E-state index is -9.70. The van der Waals surface area contributed by atoms with Crippen molar-refractivity contribution in [2.45, 2.75) is 4.90 Å². The molecule has 0 atom stereocenters. The zero-order valence-electron chi connectivity index (χ0n) is 13.2. The second-order valence-electron chi connectivity index (χ2n) is 5.66. The molecule has 0 radical (unpaired) electrons. The van der Waals surface area contributed by atoms with Crippen molar-refractivity contribution in [1.29, 1.82) is 0 Å². The highest BCUT2D eigenvalue weighted by Gasteiger charge is 2.65. The van der Waals surface area contributed by atoms with E-state index in [-0.39, 0.29) is 11.5 Å². The molecule has 4 rings (SSSR count). The summed E-state index contributed by atoms with van der Waals surface area (Å²) >= 11 is 1.46. The lowest BCUT2D eigenvalue weighted by molar-refractivity contribution is 0.364. The van der Waals surface area contributed by atoms with E-state index in [0.717, 1.165) is 17.7 Å². The van der Waals surface area contributed by atoms with Crippen LogP contribution < -0.4 is 5.32 Å². The minimum Gasteiger partial charge on any atom is -0.338 e. The first kappa shape index (κ1) is 17.7. The maximum absolute atomic E-state index is 12.8.